The first-order valence-electron chi connectivity index (χ1n) is 12.0. The second kappa shape index (κ2) is 12.7. The second-order valence-electron chi connectivity index (χ2n) is 8.86. The minimum Gasteiger partial charge on any atom is -0.355 e. The molecule has 2 amide bonds. The summed E-state index contributed by atoms with van der Waals surface area (Å²) in [4.78, 5) is 28.6. The predicted molar refractivity (Wildman–Crippen MR) is 148 cm³/mol. The van der Waals surface area contributed by atoms with Crippen LogP contribution in [0.5, 0.6) is 0 Å². The number of benzene rings is 3. The second-order valence-corrected chi connectivity index (χ2v) is 11.2. The SMILES string of the molecule is CCNC(=O)C(Cc1ccccc1)N(Cc1cccc(Cl)c1)C(=O)CN(c1cccc(C)c1)S(C)(=O)=O. The molecule has 0 heterocycles. The first-order chi connectivity index (χ1) is 17.6. The highest BCUT2D eigenvalue weighted by Crippen LogP contribution is 2.22. The van der Waals surface area contributed by atoms with Gasteiger partial charge in [-0.2, -0.15) is 0 Å². The molecule has 196 valence electrons. The molecule has 0 aliphatic rings. The summed E-state index contributed by atoms with van der Waals surface area (Å²) in [5.41, 5.74) is 2.85. The molecule has 0 spiro atoms. The largest absolute Gasteiger partial charge is 0.355 e. The number of hydrogen-bond acceptors (Lipinski definition) is 4. The Labute approximate surface area is 224 Å². The summed E-state index contributed by atoms with van der Waals surface area (Å²) < 4.78 is 26.6. The maximum absolute atomic E-state index is 13.9. The first kappa shape index (κ1) is 28.2. The third-order valence-corrected chi connectivity index (χ3v) is 7.21. The molecule has 0 saturated carbocycles. The summed E-state index contributed by atoms with van der Waals surface area (Å²) in [6, 6.07) is 22.5. The van der Waals surface area contributed by atoms with E-state index in [-0.39, 0.29) is 18.9 Å². The van der Waals surface area contributed by atoms with Crippen LogP contribution < -0.4 is 9.62 Å². The van der Waals surface area contributed by atoms with Gasteiger partial charge in [0.1, 0.15) is 12.6 Å². The van der Waals surface area contributed by atoms with Crippen LogP contribution in [0.1, 0.15) is 23.6 Å². The molecule has 9 heteroatoms. The van der Waals surface area contributed by atoms with E-state index in [4.69, 9.17) is 11.6 Å². The van der Waals surface area contributed by atoms with Gasteiger partial charge in [0.15, 0.2) is 0 Å². The Bertz CT molecular complexity index is 1330. The summed E-state index contributed by atoms with van der Waals surface area (Å²) in [6.07, 6.45) is 1.33. The van der Waals surface area contributed by atoms with Crippen molar-refractivity contribution in [2.75, 3.05) is 23.7 Å². The molecule has 0 aliphatic carbocycles. The van der Waals surface area contributed by atoms with Crippen molar-refractivity contribution in [1.82, 2.24) is 10.2 Å². The lowest BCUT2D eigenvalue weighted by Crippen LogP contribution is -2.53. The number of aryl methyl sites for hydroxylation is 1. The Kier molecular flexibility index (Phi) is 9.72. The van der Waals surface area contributed by atoms with E-state index >= 15 is 0 Å². The molecule has 0 aliphatic heterocycles. The number of halogens is 1. The highest BCUT2D eigenvalue weighted by molar-refractivity contribution is 7.92. The van der Waals surface area contributed by atoms with Crippen molar-refractivity contribution in [3.63, 3.8) is 0 Å². The van der Waals surface area contributed by atoms with Crippen LogP contribution in [-0.4, -0.2) is 50.5 Å². The zero-order chi connectivity index (χ0) is 27.0. The van der Waals surface area contributed by atoms with Crippen LogP contribution in [0.4, 0.5) is 5.69 Å². The van der Waals surface area contributed by atoms with Gasteiger partial charge in [0.25, 0.3) is 0 Å². The van der Waals surface area contributed by atoms with Crippen molar-refractivity contribution < 1.29 is 18.0 Å². The van der Waals surface area contributed by atoms with E-state index in [0.29, 0.717) is 17.3 Å². The third kappa shape index (κ3) is 8.06. The number of amides is 2. The highest BCUT2D eigenvalue weighted by Gasteiger charge is 2.32. The highest BCUT2D eigenvalue weighted by atomic mass is 35.5. The maximum atomic E-state index is 13.9. The lowest BCUT2D eigenvalue weighted by molar-refractivity contribution is -0.140. The molecule has 3 aromatic rings. The molecule has 0 radical (unpaired) electrons. The summed E-state index contributed by atoms with van der Waals surface area (Å²) in [5.74, 6) is -0.817. The number of carbonyl (C=O) groups is 2. The standard InChI is InChI=1S/C28H32ClN3O4S/c1-4-30-28(34)26(18-22-11-6-5-7-12-22)31(19-23-13-9-14-24(29)17-23)27(33)20-32(37(3,35)36)25-15-8-10-21(2)16-25/h5-17,26H,4,18-20H2,1-3H3,(H,30,34). The number of hydrogen-bond donors (Lipinski definition) is 1. The zero-order valence-electron chi connectivity index (χ0n) is 21.2. The van der Waals surface area contributed by atoms with Gasteiger partial charge in [-0.25, -0.2) is 8.42 Å². The average Bonchev–Trinajstić information content (AvgIpc) is 2.84. The summed E-state index contributed by atoms with van der Waals surface area (Å²) >= 11 is 6.20. The molecular weight excluding hydrogens is 510 g/mol. The van der Waals surface area contributed by atoms with E-state index in [1.165, 1.54) is 4.90 Å². The molecule has 1 unspecified atom stereocenters. The zero-order valence-corrected chi connectivity index (χ0v) is 22.8. The Balaban J connectivity index is 2.04. The number of anilines is 1. The number of likely N-dealkylation sites (N-methyl/N-ethyl adjacent to an activating group) is 1. The first-order valence-corrected chi connectivity index (χ1v) is 14.2. The van der Waals surface area contributed by atoms with Crippen LogP contribution in [0.25, 0.3) is 0 Å². The van der Waals surface area contributed by atoms with Crippen molar-refractivity contribution >= 4 is 39.1 Å². The molecule has 37 heavy (non-hydrogen) atoms. The van der Waals surface area contributed by atoms with E-state index in [9.17, 15) is 18.0 Å². The minimum atomic E-state index is -3.79. The molecule has 3 rings (SSSR count). The van der Waals surface area contributed by atoms with Gasteiger partial charge in [0, 0.05) is 24.5 Å². The molecule has 0 bridgehead atoms. The monoisotopic (exact) mass is 541 g/mol. The van der Waals surface area contributed by atoms with Crippen LogP contribution in [-0.2, 0) is 32.6 Å². The Morgan fingerprint density at radius 2 is 1.62 bits per heavy atom. The maximum Gasteiger partial charge on any atom is 0.244 e. The van der Waals surface area contributed by atoms with Crippen LogP contribution in [0.2, 0.25) is 5.02 Å². The van der Waals surface area contributed by atoms with Crippen molar-refractivity contribution in [3.05, 3.63) is 101 Å². The molecule has 0 aromatic heterocycles. The molecular formula is C28H32ClN3O4S. The van der Waals surface area contributed by atoms with E-state index in [0.717, 1.165) is 27.3 Å². The molecule has 1 atom stereocenters. The minimum absolute atomic E-state index is 0.0828. The molecule has 3 aromatic carbocycles. The quantitative estimate of drug-likeness (QED) is 0.394. The van der Waals surface area contributed by atoms with Gasteiger partial charge >= 0.3 is 0 Å². The number of sulfonamides is 1. The summed E-state index contributed by atoms with van der Waals surface area (Å²) in [6.45, 7) is 3.68. The van der Waals surface area contributed by atoms with Crippen molar-refractivity contribution in [2.45, 2.75) is 32.9 Å². The predicted octanol–water partition coefficient (Wildman–Crippen LogP) is 4.19. The smallest absolute Gasteiger partial charge is 0.244 e. The van der Waals surface area contributed by atoms with Gasteiger partial charge in [-0.1, -0.05) is 66.2 Å². The van der Waals surface area contributed by atoms with Crippen LogP contribution in [0, 0.1) is 6.92 Å². The Morgan fingerprint density at radius 1 is 0.946 bits per heavy atom. The van der Waals surface area contributed by atoms with Gasteiger partial charge in [-0.3, -0.25) is 13.9 Å². The normalized spacial score (nSPS) is 12.0. The van der Waals surface area contributed by atoms with Gasteiger partial charge < -0.3 is 10.2 Å². The van der Waals surface area contributed by atoms with Crippen LogP contribution >= 0.6 is 11.6 Å². The van der Waals surface area contributed by atoms with E-state index < -0.39 is 28.5 Å². The molecule has 0 saturated heterocycles. The van der Waals surface area contributed by atoms with Crippen LogP contribution in [0.3, 0.4) is 0 Å². The van der Waals surface area contributed by atoms with Crippen LogP contribution in [0.15, 0.2) is 78.9 Å². The van der Waals surface area contributed by atoms with Gasteiger partial charge in [0.05, 0.1) is 11.9 Å². The number of nitrogens with zero attached hydrogens (tertiary/aromatic N) is 2. The fourth-order valence-corrected chi connectivity index (χ4v) is 5.13. The molecule has 0 fully saturated rings. The Morgan fingerprint density at radius 3 is 2.24 bits per heavy atom. The molecule has 7 nitrogen and oxygen atoms in total. The number of nitrogens with one attached hydrogen (secondary N) is 1. The van der Waals surface area contributed by atoms with E-state index in [2.05, 4.69) is 5.32 Å². The lowest BCUT2D eigenvalue weighted by Gasteiger charge is -2.33. The van der Waals surface area contributed by atoms with Gasteiger partial charge in [0.2, 0.25) is 21.8 Å². The van der Waals surface area contributed by atoms with Crippen molar-refractivity contribution in [3.8, 4) is 0 Å². The van der Waals surface area contributed by atoms with Crippen molar-refractivity contribution in [2.24, 2.45) is 0 Å². The van der Waals surface area contributed by atoms with Gasteiger partial charge in [-0.15, -0.1) is 0 Å². The van der Waals surface area contributed by atoms with E-state index in [1.54, 1.807) is 36.4 Å². The summed E-state index contributed by atoms with van der Waals surface area (Å²) in [7, 11) is -3.79. The van der Waals surface area contributed by atoms with E-state index in [1.807, 2.05) is 56.3 Å². The third-order valence-electron chi connectivity index (χ3n) is 5.83. The molecule has 1 N–H and O–H groups in total. The number of carbonyl (C=O) groups excluding carboxylic acids is 2. The van der Waals surface area contributed by atoms with Crippen molar-refractivity contribution in [1.29, 1.82) is 0 Å². The lowest BCUT2D eigenvalue weighted by atomic mass is 10.0. The topological polar surface area (TPSA) is 86.8 Å². The fraction of sp³-hybridized carbons (Fsp3) is 0.286. The van der Waals surface area contributed by atoms with Gasteiger partial charge in [-0.05, 0) is 54.8 Å². The fourth-order valence-electron chi connectivity index (χ4n) is 4.07. The number of rotatable bonds is 11. The Hall–Kier alpha value is -3.36. The average molecular weight is 542 g/mol. The summed E-state index contributed by atoms with van der Waals surface area (Å²) in [5, 5.41) is 3.33.